The minimum Gasteiger partial charge on any atom is -0.495 e. The van der Waals surface area contributed by atoms with E-state index in [4.69, 9.17) is 10.00 Å². The Labute approximate surface area is 192 Å². The molecule has 0 aliphatic rings. The van der Waals surface area contributed by atoms with Crippen LogP contribution in [-0.2, 0) is 4.79 Å². The van der Waals surface area contributed by atoms with E-state index in [0.29, 0.717) is 36.7 Å². The molecule has 3 N–H and O–H groups in total. The van der Waals surface area contributed by atoms with Gasteiger partial charge < -0.3 is 20.7 Å². The monoisotopic (exact) mass is 443 g/mol. The van der Waals surface area contributed by atoms with Crippen LogP contribution in [-0.4, -0.2) is 43.5 Å². The Hall–Kier alpha value is -4.38. The number of benzene rings is 2. The van der Waals surface area contributed by atoms with Crippen molar-refractivity contribution in [1.29, 1.82) is 5.26 Å². The summed E-state index contributed by atoms with van der Waals surface area (Å²) in [5.41, 5.74) is 2.90. The molecule has 8 heteroatoms. The lowest BCUT2D eigenvalue weighted by Crippen LogP contribution is -2.34. The molecule has 8 nitrogen and oxygen atoms in total. The van der Waals surface area contributed by atoms with Crippen molar-refractivity contribution in [2.75, 3.05) is 32.1 Å². The number of carbonyl (C=O) groups is 2. The average molecular weight is 444 g/mol. The standard InChI is InChI=1S/C25H25N5O3/c1-16(14-26)15-29-24-20-13-19(8-7-18(20)9-10-23(24)33-3)21-5-4-6-22(30-21)25(32)28-12-11-27-17(2)31/h4-10,13,29H,1,11-12,15H2,2-3H3,(H,27,31)(H,28,32). The van der Waals surface area contributed by atoms with Gasteiger partial charge in [0.05, 0.1) is 24.6 Å². The highest BCUT2D eigenvalue weighted by Gasteiger charge is 2.12. The third-order valence-corrected chi connectivity index (χ3v) is 4.90. The third kappa shape index (κ3) is 5.86. The van der Waals surface area contributed by atoms with Crippen LogP contribution in [0, 0.1) is 11.3 Å². The van der Waals surface area contributed by atoms with E-state index in [9.17, 15) is 9.59 Å². The van der Waals surface area contributed by atoms with Crippen LogP contribution in [0.5, 0.6) is 5.75 Å². The molecular formula is C25H25N5O3. The van der Waals surface area contributed by atoms with Crippen LogP contribution in [0.4, 0.5) is 5.69 Å². The minimum absolute atomic E-state index is 0.150. The number of nitrogens with zero attached hydrogens (tertiary/aromatic N) is 2. The van der Waals surface area contributed by atoms with Crippen molar-refractivity contribution >= 4 is 28.3 Å². The van der Waals surface area contributed by atoms with Crippen molar-refractivity contribution < 1.29 is 14.3 Å². The van der Waals surface area contributed by atoms with Crippen molar-refractivity contribution in [1.82, 2.24) is 15.6 Å². The van der Waals surface area contributed by atoms with Gasteiger partial charge in [0.2, 0.25) is 5.91 Å². The predicted molar refractivity (Wildman–Crippen MR) is 128 cm³/mol. The lowest BCUT2D eigenvalue weighted by atomic mass is 10.0. The lowest BCUT2D eigenvalue weighted by Gasteiger charge is -2.15. The summed E-state index contributed by atoms with van der Waals surface area (Å²) in [6, 6.07) is 17.0. The second-order valence-electron chi connectivity index (χ2n) is 7.29. The number of amides is 2. The summed E-state index contributed by atoms with van der Waals surface area (Å²) in [5.74, 6) is 0.177. The summed E-state index contributed by atoms with van der Waals surface area (Å²) >= 11 is 0. The molecule has 168 valence electrons. The number of nitriles is 1. The molecule has 3 rings (SSSR count). The SMILES string of the molecule is C=C(C#N)CNc1c(OC)ccc2ccc(-c3cccc(C(=O)NCCNC(C)=O)n3)cc12. The van der Waals surface area contributed by atoms with Gasteiger partial charge in [-0.05, 0) is 29.7 Å². The van der Waals surface area contributed by atoms with Crippen LogP contribution in [0.2, 0.25) is 0 Å². The number of methoxy groups -OCH3 is 1. The van der Waals surface area contributed by atoms with Crippen LogP contribution in [0.15, 0.2) is 60.7 Å². The highest BCUT2D eigenvalue weighted by molar-refractivity contribution is 5.99. The Kier molecular flexibility index (Phi) is 7.60. The average Bonchev–Trinajstić information content (AvgIpc) is 2.84. The van der Waals surface area contributed by atoms with Gasteiger partial charge in [-0.1, -0.05) is 30.8 Å². The molecule has 0 unspecified atom stereocenters. The summed E-state index contributed by atoms with van der Waals surface area (Å²) in [4.78, 5) is 27.9. The Bertz CT molecular complexity index is 1250. The second-order valence-corrected chi connectivity index (χ2v) is 7.29. The topological polar surface area (TPSA) is 116 Å². The van der Waals surface area contributed by atoms with Gasteiger partial charge in [-0.3, -0.25) is 9.59 Å². The Morgan fingerprint density at radius 3 is 2.61 bits per heavy atom. The van der Waals surface area contributed by atoms with E-state index in [1.807, 2.05) is 42.5 Å². The smallest absolute Gasteiger partial charge is 0.269 e. The zero-order chi connectivity index (χ0) is 23.8. The molecule has 2 aromatic carbocycles. The first kappa shape index (κ1) is 23.3. The van der Waals surface area contributed by atoms with Crippen molar-refractivity contribution in [3.05, 3.63) is 66.4 Å². The third-order valence-electron chi connectivity index (χ3n) is 4.90. The van der Waals surface area contributed by atoms with Gasteiger partial charge in [0.25, 0.3) is 5.91 Å². The number of rotatable bonds is 9. The predicted octanol–water partition coefficient (Wildman–Crippen LogP) is 3.27. The maximum absolute atomic E-state index is 12.5. The molecule has 0 saturated heterocycles. The molecule has 0 aliphatic carbocycles. The first-order valence-corrected chi connectivity index (χ1v) is 10.4. The Morgan fingerprint density at radius 1 is 1.12 bits per heavy atom. The van der Waals surface area contributed by atoms with Crippen molar-refractivity contribution in [2.24, 2.45) is 0 Å². The van der Waals surface area contributed by atoms with E-state index in [2.05, 4.69) is 27.5 Å². The molecule has 1 heterocycles. The van der Waals surface area contributed by atoms with E-state index in [1.165, 1.54) is 6.92 Å². The van der Waals surface area contributed by atoms with Gasteiger partial charge in [0.1, 0.15) is 11.4 Å². The molecule has 0 fully saturated rings. The van der Waals surface area contributed by atoms with E-state index >= 15 is 0 Å². The van der Waals surface area contributed by atoms with Crippen LogP contribution >= 0.6 is 0 Å². The number of ether oxygens (including phenoxy) is 1. The summed E-state index contributed by atoms with van der Waals surface area (Å²) in [6.07, 6.45) is 0. The Morgan fingerprint density at radius 2 is 1.88 bits per heavy atom. The van der Waals surface area contributed by atoms with Gasteiger partial charge in [-0.2, -0.15) is 5.26 Å². The molecule has 0 bridgehead atoms. The fourth-order valence-electron chi connectivity index (χ4n) is 3.27. The molecule has 0 atom stereocenters. The molecule has 0 aliphatic heterocycles. The number of hydrogen-bond acceptors (Lipinski definition) is 6. The summed E-state index contributed by atoms with van der Waals surface area (Å²) < 4.78 is 5.51. The second kappa shape index (κ2) is 10.8. The van der Waals surface area contributed by atoms with E-state index in [1.54, 1.807) is 19.2 Å². The maximum atomic E-state index is 12.5. The zero-order valence-electron chi connectivity index (χ0n) is 18.6. The number of carbonyl (C=O) groups excluding carboxylic acids is 2. The molecule has 0 radical (unpaired) electrons. The molecule has 0 saturated carbocycles. The highest BCUT2D eigenvalue weighted by Crippen LogP contribution is 2.35. The first-order chi connectivity index (χ1) is 15.9. The van der Waals surface area contributed by atoms with Gasteiger partial charge in [-0.15, -0.1) is 0 Å². The molecular weight excluding hydrogens is 418 g/mol. The molecule has 0 spiro atoms. The number of aromatic nitrogens is 1. The highest BCUT2D eigenvalue weighted by atomic mass is 16.5. The van der Waals surface area contributed by atoms with E-state index in [0.717, 1.165) is 22.0 Å². The van der Waals surface area contributed by atoms with Crippen molar-refractivity contribution in [3.8, 4) is 23.1 Å². The van der Waals surface area contributed by atoms with Crippen molar-refractivity contribution in [3.63, 3.8) is 0 Å². The normalized spacial score (nSPS) is 10.2. The molecule has 3 aromatic rings. The number of fused-ring (bicyclic) bond motifs is 1. The summed E-state index contributed by atoms with van der Waals surface area (Å²) in [7, 11) is 1.59. The van der Waals surface area contributed by atoms with Crippen LogP contribution in [0.1, 0.15) is 17.4 Å². The first-order valence-electron chi connectivity index (χ1n) is 10.4. The van der Waals surface area contributed by atoms with Gasteiger partial charge in [0.15, 0.2) is 0 Å². The quantitative estimate of drug-likeness (QED) is 0.345. The number of nitrogens with one attached hydrogen (secondary N) is 3. The largest absolute Gasteiger partial charge is 0.495 e. The van der Waals surface area contributed by atoms with Crippen LogP contribution < -0.4 is 20.7 Å². The van der Waals surface area contributed by atoms with Crippen molar-refractivity contribution in [2.45, 2.75) is 6.92 Å². The number of anilines is 1. The summed E-state index contributed by atoms with van der Waals surface area (Å²) in [5, 5.41) is 19.5. The lowest BCUT2D eigenvalue weighted by molar-refractivity contribution is -0.118. The fourth-order valence-corrected chi connectivity index (χ4v) is 3.27. The fraction of sp³-hybridized carbons (Fsp3) is 0.200. The maximum Gasteiger partial charge on any atom is 0.269 e. The molecule has 33 heavy (non-hydrogen) atoms. The number of hydrogen-bond donors (Lipinski definition) is 3. The minimum atomic E-state index is -0.318. The van der Waals surface area contributed by atoms with Crippen LogP contribution in [0.3, 0.4) is 0 Å². The van der Waals surface area contributed by atoms with Gasteiger partial charge in [0, 0.05) is 43.1 Å². The van der Waals surface area contributed by atoms with Crippen LogP contribution in [0.25, 0.3) is 22.0 Å². The molecule has 1 aromatic heterocycles. The number of pyridine rings is 1. The van der Waals surface area contributed by atoms with E-state index in [-0.39, 0.29) is 17.5 Å². The summed E-state index contributed by atoms with van der Waals surface area (Å²) in [6.45, 7) is 6.09. The van der Waals surface area contributed by atoms with Gasteiger partial charge in [-0.25, -0.2) is 4.98 Å². The molecule has 2 amide bonds. The zero-order valence-corrected chi connectivity index (χ0v) is 18.6. The van der Waals surface area contributed by atoms with Gasteiger partial charge >= 0.3 is 0 Å². The van der Waals surface area contributed by atoms with E-state index < -0.39 is 0 Å². The Balaban J connectivity index is 1.90.